The number of hydrogen-bond acceptors (Lipinski definition) is 13. The van der Waals surface area contributed by atoms with Gasteiger partial charge < -0.3 is 26.2 Å². The van der Waals surface area contributed by atoms with Crippen molar-refractivity contribution in [2.75, 3.05) is 5.73 Å². The number of nitrogens with one attached hydrogen (secondary N) is 1. The Kier molecular flexibility index (Phi) is 7.07. The third-order valence-corrected chi connectivity index (χ3v) is 5.92. The molecule has 2 amide bonds. The number of hydroxylamine groups is 2. The van der Waals surface area contributed by atoms with Crippen molar-refractivity contribution in [1.82, 2.24) is 20.1 Å². The lowest BCUT2D eigenvalue weighted by Gasteiger charge is -2.50. The molecule has 1 saturated heterocycles. The Hall–Kier alpha value is -4.00. The van der Waals surface area contributed by atoms with Gasteiger partial charge in [0, 0.05) is 11.4 Å². The summed E-state index contributed by atoms with van der Waals surface area (Å²) in [4.78, 5) is 46.4. The van der Waals surface area contributed by atoms with Gasteiger partial charge in [-0.15, -0.1) is 15.6 Å². The zero-order chi connectivity index (χ0) is 27.0. The van der Waals surface area contributed by atoms with Crippen molar-refractivity contribution in [2.45, 2.75) is 31.5 Å². The van der Waals surface area contributed by atoms with E-state index in [4.69, 9.17) is 15.1 Å². The third-order valence-electron chi connectivity index (χ3n) is 4.90. The second-order valence-corrected chi connectivity index (χ2v) is 9.65. The molecule has 2 aromatic heterocycles. The van der Waals surface area contributed by atoms with E-state index in [0.717, 1.165) is 29.7 Å². The van der Waals surface area contributed by atoms with Gasteiger partial charge in [-0.2, -0.15) is 18.2 Å². The second-order valence-electron chi connectivity index (χ2n) is 7.76. The van der Waals surface area contributed by atoms with Crippen LogP contribution in [0.2, 0.25) is 0 Å². The molecule has 3 heterocycles. The molecule has 1 aliphatic heterocycles. The molecule has 16 nitrogen and oxygen atoms in total. The van der Waals surface area contributed by atoms with Crippen molar-refractivity contribution in [3.8, 4) is 5.75 Å². The molecule has 2 unspecified atom stereocenters. The minimum Gasteiger partial charge on any atom is -0.503 e. The second kappa shape index (κ2) is 9.57. The molecule has 0 aliphatic carbocycles. The van der Waals surface area contributed by atoms with Gasteiger partial charge in [-0.25, -0.2) is 4.98 Å². The summed E-state index contributed by atoms with van der Waals surface area (Å²) in [6.07, 6.45) is 0.569. The van der Waals surface area contributed by atoms with Crippen molar-refractivity contribution < 1.29 is 42.0 Å². The van der Waals surface area contributed by atoms with Crippen molar-refractivity contribution in [2.24, 2.45) is 5.16 Å². The average molecular weight is 545 g/mol. The zero-order valence-electron chi connectivity index (χ0n) is 18.6. The predicted octanol–water partition coefficient (Wildman–Crippen LogP) is -0.682. The number of amides is 2. The van der Waals surface area contributed by atoms with E-state index in [1.807, 2.05) is 0 Å². The molecular weight excluding hydrogens is 524 g/mol. The molecule has 6 N–H and O–H groups in total. The minimum atomic E-state index is -5.00. The summed E-state index contributed by atoms with van der Waals surface area (Å²) in [5.41, 5.74) is 2.68. The third kappa shape index (κ3) is 5.30. The molecule has 1 aliphatic rings. The van der Waals surface area contributed by atoms with Crippen molar-refractivity contribution in [3.05, 3.63) is 51.9 Å². The number of carbonyl (C=O) groups excluding carboxylic acids is 2. The molecule has 3 rings (SSSR count). The van der Waals surface area contributed by atoms with Crippen LogP contribution in [0.5, 0.6) is 5.75 Å². The maximum atomic E-state index is 13.0. The highest BCUT2D eigenvalue weighted by atomic mass is 32.3. The first-order chi connectivity index (χ1) is 16.7. The first kappa shape index (κ1) is 26.6. The summed E-state index contributed by atoms with van der Waals surface area (Å²) in [5.74, 6) is -2.71. The molecular formula is C18H20N6O10S2. The molecule has 194 valence electrons. The van der Waals surface area contributed by atoms with Crippen LogP contribution in [-0.2, 0) is 29.1 Å². The first-order valence-electron chi connectivity index (χ1n) is 9.70. The molecule has 18 heteroatoms. The minimum absolute atomic E-state index is 0.0551. The monoisotopic (exact) mass is 544 g/mol. The lowest BCUT2D eigenvalue weighted by molar-refractivity contribution is -0.218. The van der Waals surface area contributed by atoms with E-state index in [0.29, 0.717) is 9.79 Å². The number of carbonyl (C=O) groups is 2. The Morgan fingerprint density at radius 2 is 2.11 bits per heavy atom. The average Bonchev–Trinajstić information content (AvgIpc) is 3.21. The summed E-state index contributed by atoms with van der Waals surface area (Å²) in [5, 5.41) is 27.3. The SMILES string of the molecule is C=CC(O/N=C(\C(=O)NC1C(=O)N(OS(=O)(=O)O)C1(C)C)c1csc(N)n1)c1cc(=O)c(O)cn1O. The highest BCUT2D eigenvalue weighted by Gasteiger charge is 2.58. The lowest BCUT2D eigenvalue weighted by Crippen LogP contribution is -2.76. The van der Waals surface area contributed by atoms with Crippen LogP contribution in [0.25, 0.3) is 0 Å². The Bertz CT molecular complexity index is 1410. The van der Waals surface area contributed by atoms with Gasteiger partial charge in [0.1, 0.15) is 17.4 Å². The molecule has 1 fully saturated rings. The van der Waals surface area contributed by atoms with Gasteiger partial charge in [-0.05, 0) is 19.9 Å². The standard InChI is InChI=1S/C18H20N6O10S2/c1-4-12(9-5-10(25)11(26)6-23(9)29)33-22-13(8-7-35-17(19)20-8)15(27)21-14-16(28)24(18(14,2)3)34-36(30,31)32/h4-7,12,14,26,29H,1H2,2-3H3,(H2,19,20)(H,21,27)(H,30,31,32)/b22-13-. The number of β-lactam (4-membered cyclic amide) rings is 1. The smallest absolute Gasteiger partial charge is 0.418 e. The van der Waals surface area contributed by atoms with Crippen LogP contribution in [0.4, 0.5) is 5.13 Å². The predicted molar refractivity (Wildman–Crippen MR) is 122 cm³/mol. The maximum Gasteiger partial charge on any atom is 0.418 e. The van der Waals surface area contributed by atoms with E-state index in [-0.39, 0.29) is 16.5 Å². The van der Waals surface area contributed by atoms with E-state index in [9.17, 15) is 33.1 Å². The number of hydrogen-bond donors (Lipinski definition) is 5. The molecule has 0 aromatic carbocycles. The summed E-state index contributed by atoms with van der Waals surface area (Å²) in [7, 11) is -5.00. The van der Waals surface area contributed by atoms with Crippen LogP contribution < -0.4 is 16.5 Å². The molecule has 2 atom stereocenters. The van der Waals surface area contributed by atoms with Gasteiger partial charge in [-0.1, -0.05) is 11.7 Å². The molecule has 2 aromatic rings. The zero-order valence-corrected chi connectivity index (χ0v) is 20.2. The van der Waals surface area contributed by atoms with E-state index in [2.05, 4.69) is 26.3 Å². The molecule has 36 heavy (non-hydrogen) atoms. The fourth-order valence-corrected chi connectivity index (χ4v) is 4.09. The molecule has 0 radical (unpaired) electrons. The van der Waals surface area contributed by atoms with Gasteiger partial charge in [-0.3, -0.25) is 18.9 Å². The highest BCUT2D eigenvalue weighted by molar-refractivity contribution is 7.80. The molecule has 0 saturated carbocycles. The fraction of sp³-hybridized carbons (Fsp3) is 0.278. The number of nitrogens with zero attached hydrogens (tertiary/aromatic N) is 4. The van der Waals surface area contributed by atoms with Crippen LogP contribution in [0.15, 0.2) is 40.2 Å². The number of oxime groups is 1. The Morgan fingerprint density at radius 3 is 2.64 bits per heavy atom. The number of aromatic hydroxyl groups is 1. The van der Waals surface area contributed by atoms with E-state index < -0.39 is 56.8 Å². The first-order valence-corrected chi connectivity index (χ1v) is 11.9. The topological polar surface area (TPSA) is 236 Å². The highest BCUT2D eigenvalue weighted by Crippen LogP contribution is 2.33. The van der Waals surface area contributed by atoms with Gasteiger partial charge >= 0.3 is 10.4 Å². The summed E-state index contributed by atoms with van der Waals surface area (Å²) < 4.78 is 35.5. The normalized spacial score (nSPS) is 18.3. The van der Waals surface area contributed by atoms with Crippen LogP contribution in [0.3, 0.4) is 0 Å². The Morgan fingerprint density at radius 1 is 1.44 bits per heavy atom. The van der Waals surface area contributed by atoms with Crippen LogP contribution in [0.1, 0.15) is 31.3 Å². The number of anilines is 1. The number of nitrogens with two attached hydrogens (primary N) is 1. The lowest BCUT2D eigenvalue weighted by atomic mass is 9.84. The quantitative estimate of drug-likeness (QED) is 0.0659. The fourth-order valence-electron chi connectivity index (χ4n) is 3.09. The van der Waals surface area contributed by atoms with E-state index >= 15 is 0 Å². The van der Waals surface area contributed by atoms with Crippen LogP contribution >= 0.6 is 11.3 Å². The Labute approximate surface area is 206 Å². The largest absolute Gasteiger partial charge is 0.503 e. The van der Waals surface area contributed by atoms with Crippen molar-refractivity contribution >= 4 is 44.4 Å². The van der Waals surface area contributed by atoms with Gasteiger partial charge in [0.25, 0.3) is 11.8 Å². The number of thiazole rings is 1. The number of pyridine rings is 1. The summed E-state index contributed by atoms with van der Waals surface area (Å²) >= 11 is 0.966. The number of aromatic nitrogens is 2. The van der Waals surface area contributed by atoms with Crippen molar-refractivity contribution in [3.63, 3.8) is 0 Å². The van der Waals surface area contributed by atoms with Gasteiger partial charge in [0.2, 0.25) is 5.43 Å². The summed E-state index contributed by atoms with van der Waals surface area (Å²) in [6.45, 7) is 6.23. The summed E-state index contributed by atoms with van der Waals surface area (Å²) in [6, 6.07) is -0.445. The molecule has 0 spiro atoms. The Balaban J connectivity index is 1.89. The van der Waals surface area contributed by atoms with Gasteiger partial charge in [0.15, 0.2) is 22.7 Å². The maximum absolute atomic E-state index is 13.0. The van der Waals surface area contributed by atoms with Gasteiger partial charge in [0.05, 0.1) is 11.7 Å². The van der Waals surface area contributed by atoms with Crippen LogP contribution in [0, 0.1) is 0 Å². The number of rotatable bonds is 9. The van der Waals surface area contributed by atoms with Crippen molar-refractivity contribution in [1.29, 1.82) is 0 Å². The van der Waals surface area contributed by atoms with E-state index in [1.54, 1.807) is 0 Å². The van der Waals surface area contributed by atoms with Crippen LogP contribution in [-0.4, -0.2) is 67.2 Å². The van der Waals surface area contributed by atoms with E-state index in [1.165, 1.54) is 19.2 Å². The molecule has 0 bridgehead atoms. The number of nitrogen functional groups attached to an aromatic ring is 1.